The average Bonchev–Trinajstić information content (AvgIpc) is 2.90. The molecule has 0 aromatic carbocycles. The van der Waals surface area contributed by atoms with Gasteiger partial charge in [-0.2, -0.15) is 5.10 Å². The number of hydrogen-bond acceptors (Lipinski definition) is 3. The highest BCUT2D eigenvalue weighted by Gasteiger charge is 2.31. The number of nitrogens with zero attached hydrogens (tertiary/aromatic N) is 2. The second kappa shape index (κ2) is 4.01. The van der Waals surface area contributed by atoms with Crippen molar-refractivity contribution in [3.63, 3.8) is 0 Å². The van der Waals surface area contributed by atoms with Gasteiger partial charge in [0.2, 0.25) is 0 Å². The van der Waals surface area contributed by atoms with Gasteiger partial charge < -0.3 is 9.52 Å². The highest BCUT2D eigenvalue weighted by atomic mass is 16.4. The summed E-state index contributed by atoms with van der Waals surface area (Å²) in [7, 11) is 0. The highest BCUT2D eigenvalue weighted by molar-refractivity contribution is 5.94. The summed E-state index contributed by atoms with van der Waals surface area (Å²) in [4.78, 5) is 11.3. The molecule has 1 saturated carbocycles. The molecule has 1 aliphatic carbocycles. The lowest BCUT2D eigenvalue weighted by atomic mass is 10.1. The van der Waals surface area contributed by atoms with Crippen LogP contribution in [0.3, 0.4) is 0 Å². The van der Waals surface area contributed by atoms with Crippen LogP contribution in [0, 0.1) is 5.92 Å². The van der Waals surface area contributed by atoms with Crippen molar-refractivity contribution in [1.29, 1.82) is 0 Å². The fourth-order valence-electron chi connectivity index (χ4n) is 2.16. The monoisotopic (exact) mass is 246 g/mol. The molecule has 1 fully saturated rings. The van der Waals surface area contributed by atoms with E-state index in [9.17, 15) is 9.90 Å². The van der Waals surface area contributed by atoms with Crippen LogP contribution in [0.1, 0.15) is 36.2 Å². The maximum atomic E-state index is 11.3. The quantitative estimate of drug-likeness (QED) is 0.900. The molecule has 2 aromatic heterocycles. The van der Waals surface area contributed by atoms with Crippen molar-refractivity contribution in [2.24, 2.45) is 5.92 Å². The number of carbonyl (C=O) groups is 1. The average molecular weight is 246 g/mol. The number of carboxylic acid groups (broad SMARTS) is 1. The van der Waals surface area contributed by atoms with Gasteiger partial charge in [-0.1, -0.05) is 0 Å². The maximum Gasteiger partial charge on any atom is 0.339 e. The minimum atomic E-state index is -0.958. The smallest absolute Gasteiger partial charge is 0.339 e. The molecule has 2 heterocycles. The van der Waals surface area contributed by atoms with Crippen LogP contribution in [0.4, 0.5) is 0 Å². The van der Waals surface area contributed by atoms with Crippen LogP contribution in [0.25, 0.3) is 11.3 Å². The normalized spacial score (nSPS) is 16.7. The first kappa shape index (κ1) is 11.1. The molecule has 2 aromatic rings. The number of hydrogen-bond donors (Lipinski definition) is 1. The number of carboxylic acids is 1. The molecular weight excluding hydrogens is 232 g/mol. The number of rotatable bonds is 4. The summed E-state index contributed by atoms with van der Waals surface area (Å²) >= 11 is 0. The molecule has 18 heavy (non-hydrogen) atoms. The second-order valence-electron chi connectivity index (χ2n) is 4.77. The first-order valence-electron chi connectivity index (χ1n) is 6.02. The van der Waals surface area contributed by atoms with E-state index in [4.69, 9.17) is 4.42 Å². The molecule has 1 N–H and O–H groups in total. The Kier molecular flexibility index (Phi) is 2.47. The van der Waals surface area contributed by atoms with E-state index in [1.54, 1.807) is 16.9 Å². The summed E-state index contributed by atoms with van der Waals surface area (Å²) in [6, 6.07) is 1.98. The number of aromatic nitrogens is 2. The molecule has 1 atom stereocenters. The van der Waals surface area contributed by atoms with Gasteiger partial charge in [-0.05, 0) is 31.7 Å². The summed E-state index contributed by atoms with van der Waals surface area (Å²) in [5.41, 5.74) is 1.40. The number of aromatic carboxylic acids is 1. The van der Waals surface area contributed by atoms with E-state index in [0.29, 0.717) is 17.2 Å². The zero-order chi connectivity index (χ0) is 12.7. The zero-order valence-electron chi connectivity index (χ0n) is 10.0. The minimum absolute atomic E-state index is 0.226. The maximum absolute atomic E-state index is 11.3. The predicted molar refractivity (Wildman–Crippen MR) is 64.3 cm³/mol. The van der Waals surface area contributed by atoms with Gasteiger partial charge in [0.25, 0.3) is 0 Å². The molecule has 5 nitrogen and oxygen atoms in total. The van der Waals surface area contributed by atoms with E-state index in [0.717, 1.165) is 0 Å². The van der Waals surface area contributed by atoms with Crippen LogP contribution in [0.2, 0.25) is 0 Å². The lowest BCUT2D eigenvalue weighted by Crippen LogP contribution is -2.07. The van der Waals surface area contributed by atoms with Crippen LogP contribution >= 0.6 is 0 Å². The van der Waals surface area contributed by atoms with Crippen molar-refractivity contribution in [3.8, 4) is 11.3 Å². The summed E-state index contributed by atoms with van der Waals surface area (Å²) in [6.07, 6.45) is 7.05. The SMILES string of the molecule is CC(C1CC1)n1cc(C(=O)O)c(-c2ccoc2)n1. The van der Waals surface area contributed by atoms with Gasteiger partial charge in [0, 0.05) is 11.8 Å². The van der Waals surface area contributed by atoms with E-state index >= 15 is 0 Å². The van der Waals surface area contributed by atoms with Crippen LogP contribution < -0.4 is 0 Å². The van der Waals surface area contributed by atoms with Crippen LogP contribution in [-0.4, -0.2) is 20.9 Å². The Hall–Kier alpha value is -2.04. The fourth-order valence-corrected chi connectivity index (χ4v) is 2.16. The number of furan rings is 1. The van der Waals surface area contributed by atoms with E-state index in [1.807, 2.05) is 0 Å². The van der Waals surface area contributed by atoms with Crippen molar-refractivity contribution < 1.29 is 14.3 Å². The molecule has 0 spiro atoms. The summed E-state index contributed by atoms with van der Waals surface area (Å²) in [6.45, 7) is 2.08. The molecule has 0 amide bonds. The molecule has 94 valence electrons. The molecule has 1 unspecified atom stereocenters. The van der Waals surface area contributed by atoms with Crippen molar-refractivity contribution in [2.75, 3.05) is 0 Å². The molecule has 0 saturated heterocycles. The van der Waals surface area contributed by atoms with E-state index < -0.39 is 5.97 Å². The summed E-state index contributed by atoms with van der Waals surface area (Å²) in [5.74, 6) is -0.329. The highest BCUT2D eigenvalue weighted by Crippen LogP contribution is 2.39. The molecular formula is C13H14N2O3. The molecule has 5 heteroatoms. The Morgan fingerprint density at radius 1 is 1.61 bits per heavy atom. The van der Waals surface area contributed by atoms with Gasteiger partial charge in [0.15, 0.2) is 0 Å². The van der Waals surface area contributed by atoms with Gasteiger partial charge in [0.1, 0.15) is 11.3 Å². The molecule has 0 bridgehead atoms. The standard InChI is InChI=1S/C13H14N2O3/c1-8(9-2-3-9)15-6-11(13(16)17)12(14-15)10-4-5-18-7-10/h4-9H,2-3H2,1H3,(H,16,17). The third-order valence-corrected chi connectivity index (χ3v) is 3.48. The topological polar surface area (TPSA) is 68.3 Å². The zero-order valence-corrected chi connectivity index (χ0v) is 10.0. The first-order chi connectivity index (χ1) is 8.66. The van der Waals surface area contributed by atoms with Crippen molar-refractivity contribution in [3.05, 3.63) is 30.4 Å². The van der Waals surface area contributed by atoms with Crippen LogP contribution in [0.5, 0.6) is 0 Å². The van der Waals surface area contributed by atoms with E-state index in [2.05, 4.69) is 12.0 Å². The van der Waals surface area contributed by atoms with Crippen molar-refractivity contribution >= 4 is 5.97 Å². The largest absolute Gasteiger partial charge is 0.478 e. The Morgan fingerprint density at radius 2 is 2.39 bits per heavy atom. The van der Waals surface area contributed by atoms with Crippen LogP contribution in [-0.2, 0) is 0 Å². The Morgan fingerprint density at radius 3 is 2.94 bits per heavy atom. The lowest BCUT2D eigenvalue weighted by molar-refractivity contribution is 0.0697. The van der Waals surface area contributed by atoms with Crippen molar-refractivity contribution in [1.82, 2.24) is 9.78 Å². The first-order valence-corrected chi connectivity index (χ1v) is 6.02. The molecule has 0 aliphatic heterocycles. The van der Waals surface area contributed by atoms with Gasteiger partial charge in [0.05, 0.1) is 18.6 Å². The Labute approximate surface area is 104 Å². The third kappa shape index (κ3) is 1.81. The van der Waals surface area contributed by atoms with Gasteiger partial charge in [-0.25, -0.2) is 4.79 Å². The van der Waals surface area contributed by atoms with Gasteiger partial charge in [-0.15, -0.1) is 0 Å². The lowest BCUT2D eigenvalue weighted by Gasteiger charge is -2.09. The molecule has 3 rings (SSSR count). The molecule has 0 radical (unpaired) electrons. The summed E-state index contributed by atoms with van der Waals surface area (Å²) < 4.78 is 6.76. The van der Waals surface area contributed by atoms with Crippen molar-refractivity contribution in [2.45, 2.75) is 25.8 Å². The van der Waals surface area contributed by atoms with E-state index in [-0.39, 0.29) is 11.6 Å². The third-order valence-electron chi connectivity index (χ3n) is 3.48. The van der Waals surface area contributed by atoms with Gasteiger partial charge in [-0.3, -0.25) is 4.68 Å². The Balaban J connectivity index is 2.03. The predicted octanol–water partition coefficient (Wildman–Crippen LogP) is 2.81. The fraction of sp³-hybridized carbons (Fsp3) is 0.385. The molecule has 1 aliphatic rings. The Bertz CT molecular complexity index is 567. The van der Waals surface area contributed by atoms with E-state index in [1.165, 1.54) is 25.4 Å². The summed E-state index contributed by atoms with van der Waals surface area (Å²) in [5, 5.41) is 13.6. The second-order valence-corrected chi connectivity index (χ2v) is 4.77. The van der Waals surface area contributed by atoms with Gasteiger partial charge >= 0.3 is 5.97 Å². The van der Waals surface area contributed by atoms with Crippen LogP contribution in [0.15, 0.2) is 29.2 Å². The minimum Gasteiger partial charge on any atom is -0.478 e.